The van der Waals surface area contributed by atoms with E-state index in [1.54, 1.807) is 6.92 Å². The van der Waals surface area contributed by atoms with Crippen LogP contribution in [0, 0.1) is 18.6 Å². The highest BCUT2D eigenvalue weighted by atomic mass is 19.2. The molecule has 2 aromatic rings. The Morgan fingerprint density at radius 2 is 2.00 bits per heavy atom. The molecular formula is C13H11F2N3O2. The van der Waals surface area contributed by atoms with Gasteiger partial charge >= 0.3 is 5.97 Å². The van der Waals surface area contributed by atoms with Gasteiger partial charge in [0.25, 0.3) is 0 Å². The normalized spacial score (nSPS) is 10.3. The SMILES string of the molecule is Cc1nc(NCC(=O)O)cc(-c2ccc(F)c(F)c2)n1. The van der Waals surface area contributed by atoms with Crippen LogP contribution in [0.5, 0.6) is 0 Å². The largest absolute Gasteiger partial charge is 0.480 e. The van der Waals surface area contributed by atoms with Crippen molar-refractivity contribution in [2.24, 2.45) is 0 Å². The quantitative estimate of drug-likeness (QED) is 0.897. The second kappa shape index (κ2) is 5.60. The van der Waals surface area contributed by atoms with Crippen molar-refractivity contribution in [3.05, 3.63) is 41.7 Å². The van der Waals surface area contributed by atoms with Crippen LogP contribution >= 0.6 is 0 Å². The van der Waals surface area contributed by atoms with E-state index in [9.17, 15) is 13.6 Å². The van der Waals surface area contributed by atoms with Gasteiger partial charge < -0.3 is 10.4 Å². The topological polar surface area (TPSA) is 75.1 Å². The Hall–Kier alpha value is -2.57. The molecule has 0 amide bonds. The number of nitrogens with one attached hydrogen (secondary N) is 1. The van der Waals surface area contributed by atoms with Gasteiger partial charge in [-0.05, 0) is 25.1 Å². The van der Waals surface area contributed by atoms with Gasteiger partial charge in [-0.1, -0.05) is 0 Å². The van der Waals surface area contributed by atoms with E-state index in [-0.39, 0.29) is 6.54 Å². The predicted molar refractivity (Wildman–Crippen MR) is 68.2 cm³/mol. The highest BCUT2D eigenvalue weighted by Gasteiger charge is 2.08. The molecule has 0 aliphatic carbocycles. The van der Waals surface area contributed by atoms with Gasteiger partial charge in [-0.3, -0.25) is 4.79 Å². The van der Waals surface area contributed by atoms with E-state index in [1.165, 1.54) is 12.1 Å². The first kappa shape index (κ1) is 13.9. The summed E-state index contributed by atoms with van der Waals surface area (Å²) >= 11 is 0. The molecule has 0 fully saturated rings. The number of hydrogen-bond acceptors (Lipinski definition) is 4. The third-order valence-electron chi connectivity index (χ3n) is 2.47. The van der Waals surface area contributed by atoms with Crippen molar-refractivity contribution < 1.29 is 18.7 Å². The Kier molecular flexibility index (Phi) is 3.88. The zero-order chi connectivity index (χ0) is 14.7. The van der Waals surface area contributed by atoms with Crippen LogP contribution in [0.2, 0.25) is 0 Å². The number of aryl methyl sites for hydroxylation is 1. The minimum Gasteiger partial charge on any atom is -0.480 e. The molecule has 7 heteroatoms. The molecule has 0 saturated heterocycles. The lowest BCUT2D eigenvalue weighted by Crippen LogP contribution is -2.13. The van der Waals surface area contributed by atoms with E-state index in [4.69, 9.17) is 5.11 Å². The van der Waals surface area contributed by atoms with Crippen LogP contribution in [0.15, 0.2) is 24.3 Å². The van der Waals surface area contributed by atoms with Gasteiger partial charge in [-0.2, -0.15) is 0 Å². The molecule has 2 N–H and O–H groups in total. The highest BCUT2D eigenvalue weighted by Crippen LogP contribution is 2.21. The molecule has 2 rings (SSSR count). The number of carbonyl (C=O) groups is 1. The summed E-state index contributed by atoms with van der Waals surface area (Å²) in [5.74, 6) is -2.25. The van der Waals surface area contributed by atoms with Crippen LogP contribution in [-0.2, 0) is 4.79 Å². The fourth-order valence-electron chi connectivity index (χ4n) is 1.63. The van der Waals surface area contributed by atoms with E-state index in [0.29, 0.717) is 22.9 Å². The molecule has 104 valence electrons. The zero-order valence-electron chi connectivity index (χ0n) is 10.5. The summed E-state index contributed by atoms with van der Waals surface area (Å²) in [6, 6.07) is 4.90. The van der Waals surface area contributed by atoms with Gasteiger partial charge in [0, 0.05) is 11.6 Å². The van der Waals surface area contributed by atoms with Gasteiger partial charge in [-0.25, -0.2) is 18.7 Å². The number of hydrogen-bond donors (Lipinski definition) is 2. The third kappa shape index (κ3) is 3.25. The lowest BCUT2D eigenvalue weighted by atomic mass is 10.1. The summed E-state index contributed by atoms with van der Waals surface area (Å²) in [5, 5.41) is 11.2. The molecule has 0 unspecified atom stereocenters. The molecule has 5 nitrogen and oxygen atoms in total. The molecule has 0 bridgehead atoms. The average molecular weight is 279 g/mol. The molecule has 20 heavy (non-hydrogen) atoms. The van der Waals surface area contributed by atoms with Crippen molar-refractivity contribution >= 4 is 11.8 Å². The van der Waals surface area contributed by atoms with Crippen molar-refractivity contribution in [2.75, 3.05) is 11.9 Å². The minimum absolute atomic E-state index is 0.298. The Balaban J connectivity index is 2.35. The lowest BCUT2D eigenvalue weighted by Gasteiger charge is -2.07. The van der Waals surface area contributed by atoms with Crippen molar-refractivity contribution in [1.82, 2.24) is 9.97 Å². The van der Waals surface area contributed by atoms with Crippen LogP contribution in [0.3, 0.4) is 0 Å². The summed E-state index contributed by atoms with van der Waals surface area (Å²) in [7, 11) is 0. The first-order valence-electron chi connectivity index (χ1n) is 5.72. The number of nitrogens with zero attached hydrogens (tertiary/aromatic N) is 2. The van der Waals surface area contributed by atoms with Gasteiger partial charge in [0.05, 0.1) is 5.69 Å². The maximum Gasteiger partial charge on any atom is 0.322 e. The second-order valence-electron chi connectivity index (χ2n) is 4.06. The Bertz CT molecular complexity index is 662. The molecule has 0 radical (unpaired) electrons. The first-order valence-corrected chi connectivity index (χ1v) is 5.72. The number of halogens is 2. The van der Waals surface area contributed by atoms with Crippen molar-refractivity contribution in [3.8, 4) is 11.3 Å². The molecule has 0 aliphatic rings. The molecule has 0 saturated carbocycles. The summed E-state index contributed by atoms with van der Waals surface area (Å²) in [5.41, 5.74) is 0.761. The Labute approximate surface area is 113 Å². The van der Waals surface area contributed by atoms with Crippen LogP contribution in [0.1, 0.15) is 5.82 Å². The van der Waals surface area contributed by atoms with E-state index in [0.717, 1.165) is 12.1 Å². The van der Waals surface area contributed by atoms with E-state index < -0.39 is 17.6 Å². The average Bonchev–Trinajstić information content (AvgIpc) is 2.39. The van der Waals surface area contributed by atoms with E-state index in [2.05, 4.69) is 15.3 Å². The van der Waals surface area contributed by atoms with E-state index in [1.807, 2.05) is 0 Å². The minimum atomic E-state index is -1.03. The van der Waals surface area contributed by atoms with Crippen molar-refractivity contribution in [2.45, 2.75) is 6.92 Å². The first-order chi connectivity index (χ1) is 9.45. The standard InChI is InChI=1S/C13H11F2N3O2/c1-7-17-11(5-12(18-7)16-6-13(19)20)8-2-3-9(14)10(15)4-8/h2-5H,6H2,1H3,(H,19,20)(H,16,17,18). The Morgan fingerprint density at radius 1 is 1.25 bits per heavy atom. The van der Waals surface area contributed by atoms with Crippen LogP contribution in [0.4, 0.5) is 14.6 Å². The fourth-order valence-corrected chi connectivity index (χ4v) is 1.63. The van der Waals surface area contributed by atoms with Crippen molar-refractivity contribution in [1.29, 1.82) is 0 Å². The number of aliphatic carboxylic acids is 1. The summed E-state index contributed by atoms with van der Waals surface area (Å²) in [6.45, 7) is 1.32. The number of benzene rings is 1. The predicted octanol–water partition coefficient (Wildman–Crippen LogP) is 2.23. The lowest BCUT2D eigenvalue weighted by molar-refractivity contribution is -0.134. The number of anilines is 1. The van der Waals surface area contributed by atoms with Crippen molar-refractivity contribution in [3.63, 3.8) is 0 Å². The van der Waals surface area contributed by atoms with Crippen LogP contribution in [0.25, 0.3) is 11.3 Å². The molecule has 1 heterocycles. The summed E-state index contributed by atoms with van der Waals surface area (Å²) in [6.07, 6.45) is 0. The number of rotatable bonds is 4. The third-order valence-corrected chi connectivity index (χ3v) is 2.47. The number of carboxylic acids is 1. The molecule has 1 aromatic heterocycles. The van der Waals surface area contributed by atoms with Gasteiger partial charge in [0.2, 0.25) is 0 Å². The molecule has 0 aliphatic heterocycles. The highest BCUT2D eigenvalue weighted by molar-refractivity contribution is 5.73. The van der Waals surface area contributed by atoms with E-state index >= 15 is 0 Å². The van der Waals surface area contributed by atoms with Gasteiger partial charge in [-0.15, -0.1) is 0 Å². The van der Waals surface area contributed by atoms with Crippen LogP contribution in [-0.4, -0.2) is 27.6 Å². The monoisotopic (exact) mass is 279 g/mol. The second-order valence-corrected chi connectivity index (χ2v) is 4.06. The number of aromatic nitrogens is 2. The van der Waals surface area contributed by atoms with Crippen LogP contribution < -0.4 is 5.32 Å². The fraction of sp³-hybridized carbons (Fsp3) is 0.154. The summed E-state index contributed by atoms with van der Waals surface area (Å²) < 4.78 is 26.1. The zero-order valence-corrected chi connectivity index (χ0v) is 10.5. The Morgan fingerprint density at radius 3 is 2.65 bits per heavy atom. The van der Waals surface area contributed by atoms with Gasteiger partial charge in [0.15, 0.2) is 11.6 Å². The van der Waals surface area contributed by atoms with Gasteiger partial charge in [0.1, 0.15) is 18.2 Å². The number of carboxylic acid groups (broad SMARTS) is 1. The maximum atomic E-state index is 13.2. The smallest absolute Gasteiger partial charge is 0.322 e. The summed E-state index contributed by atoms with van der Waals surface area (Å²) in [4.78, 5) is 18.6. The molecule has 1 aromatic carbocycles. The maximum absolute atomic E-state index is 13.2. The molecule has 0 spiro atoms. The molecular weight excluding hydrogens is 268 g/mol. The molecule has 0 atom stereocenters.